The third-order valence-electron chi connectivity index (χ3n) is 2.96. The van der Waals surface area contributed by atoms with Crippen LogP contribution >= 0.6 is 0 Å². The zero-order valence-electron chi connectivity index (χ0n) is 13.4. The number of hydrogen-bond acceptors (Lipinski definition) is 4. The van der Waals surface area contributed by atoms with E-state index in [2.05, 4.69) is 6.58 Å². The van der Waals surface area contributed by atoms with Gasteiger partial charge < -0.3 is 14.2 Å². The highest BCUT2D eigenvalue weighted by molar-refractivity contribution is 5.86. The zero-order valence-corrected chi connectivity index (χ0v) is 13.4. The molecule has 0 saturated carbocycles. The summed E-state index contributed by atoms with van der Waals surface area (Å²) in [5.41, 5.74) is 0.439. The number of ether oxygens (including phenoxy) is 3. The number of unbranched alkanes of at least 4 members (excludes halogenated alkanes) is 2. The molecule has 0 heterocycles. The molecule has 4 heteroatoms. The zero-order chi connectivity index (χ0) is 16.0. The predicted molar refractivity (Wildman–Crippen MR) is 87.0 cm³/mol. The molecule has 0 bridgehead atoms. The van der Waals surface area contributed by atoms with E-state index in [1.807, 2.05) is 30.3 Å². The van der Waals surface area contributed by atoms with E-state index in [1.54, 1.807) is 6.92 Å². The average molecular weight is 306 g/mol. The largest absolute Gasteiger partial charge is 0.494 e. The lowest BCUT2D eigenvalue weighted by atomic mass is 10.3. The van der Waals surface area contributed by atoms with Gasteiger partial charge in [0.15, 0.2) is 0 Å². The van der Waals surface area contributed by atoms with Crippen LogP contribution in [0.3, 0.4) is 0 Å². The molecular weight excluding hydrogens is 280 g/mol. The summed E-state index contributed by atoms with van der Waals surface area (Å²) in [7, 11) is 0. The lowest BCUT2D eigenvalue weighted by Gasteiger charge is -2.07. The van der Waals surface area contributed by atoms with E-state index in [1.165, 1.54) is 0 Å². The van der Waals surface area contributed by atoms with Gasteiger partial charge in [0.05, 0.1) is 13.2 Å². The highest BCUT2D eigenvalue weighted by atomic mass is 16.5. The van der Waals surface area contributed by atoms with Crippen molar-refractivity contribution in [3.63, 3.8) is 0 Å². The van der Waals surface area contributed by atoms with Crippen LogP contribution in [0.5, 0.6) is 5.75 Å². The molecule has 0 aliphatic carbocycles. The number of esters is 1. The Bertz CT molecular complexity index is 428. The van der Waals surface area contributed by atoms with Gasteiger partial charge in [0.2, 0.25) is 0 Å². The van der Waals surface area contributed by atoms with Gasteiger partial charge in [0.25, 0.3) is 0 Å². The maximum atomic E-state index is 11.1. The fraction of sp³-hybridized carbons (Fsp3) is 0.500. The first-order valence-electron chi connectivity index (χ1n) is 7.78. The van der Waals surface area contributed by atoms with Gasteiger partial charge in [-0.25, -0.2) is 4.79 Å². The minimum atomic E-state index is -0.320. The van der Waals surface area contributed by atoms with Crippen LogP contribution in [-0.4, -0.2) is 32.4 Å². The van der Waals surface area contributed by atoms with Gasteiger partial charge in [-0.3, -0.25) is 0 Å². The monoisotopic (exact) mass is 306 g/mol. The Morgan fingerprint density at radius 2 is 1.55 bits per heavy atom. The summed E-state index contributed by atoms with van der Waals surface area (Å²) in [4.78, 5) is 11.1. The van der Waals surface area contributed by atoms with Gasteiger partial charge in [0.1, 0.15) is 5.75 Å². The molecule has 1 aromatic carbocycles. The Labute approximate surface area is 133 Å². The van der Waals surface area contributed by atoms with E-state index in [4.69, 9.17) is 14.2 Å². The highest BCUT2D eigenvalue weighted by Crippen LogP contribution is 2.08. The summed E-state index contributed by atoms with van der Waals surface area (Å²) in [5.74, 6) is 0.590. The van der Waals surface area contributed by atoms with Crippen LogP contribution in [0.1, 0.15) is 32.6 Å². The maximum absolute atomic E-state index is 11.1. The van der Waals surface area contributed by atoms with Gasteiger partial charge >= 0.3 is 5.97 Å². The van der Waals surface area contributed by atoms with Crippen molar-refractivity contribution in [1.29, 1.82) is 0 Å². The second-order valence-corrected chi connectivity index (χ2v) is 5.10. The van der Waals surface area contributed by atoms with Crippen molar-refractivity contribution in [3.8, 4) is 5.75 Å². The number of benzene rings is 1. The molecule has 4 nitrogen and oxygen atoms in total. The van der Waals surface area contributed by atoms with Crippen LogP contribution in [0.4, 0.5) is 0 Å². The first-order chi connectivity index (χ1) is 10.7. The molecular formula is C18H26O4. The Morgan fingerprint density at radius 1 is 0.955 bits per heavy atom. The topological polar surface area (TPSA) is 44.8 Å². The summed E-state index contributed by atoms with van der Waals surface area (Å²) >= 11 is 0. The van der Waals surface area contributed by atoms with Crippen molar-refractivity contribution < 1.29 is 19.0 Å². The van der Waals surface area contributed by atoms with Crippen molar-refractivity contribution in [2.45, 2.75) is 32.6 Å². The molecule has 1 aromatic rings. The molecule has 0 aliphatic rings. The normalized spacial score (nSPS) is 10.2. The summed E-state index contributed by atoms with van der Waals surface area (Å²) < 4.78 is 16.1. The molecule has 0 radical (unpaired) electrons. The van der Waals surface area contributed by atoms with Crippen molar-refractivity contribution in [1.82, 2.24) is 0 Å². The fourth-order valence-corrected chi connectivity index (χ4v) is 1.71. The molecule has 0 saturated heterocycles. The standard InChI is InChI=1S/C18H26O4/c1-16(2)18(19)22-15-9-7-13-20-12-6-8-14-21-17-10-4-3-5-11-17/h3-5,10-11H,1,6-9,12-15H2,2H3. The van der Waals surface area contributed by atoms with Crippen LogP contribution < -0.4 is 4.74 Å². The lowest BCUT2D eigenvalue weighted by molar-refractivity contribution is -0.139. The molecule has 0 unspecified atom stereocenters. The Balaban J connectivity index is 1.82. The second kappa shape index (κ2) is 11.8. The quantitative estimate of drug-likeness (QED) is 0.335. The van der Waals surface area contributed by atoms with E-state index in [9.17, 15) is 4.79 Å². The SMILES string of the molecule is C=C(C)C(=O)OCCCCOCCCCOc1ccccc1. The Kier molecular flexibility index (Phi) is 9.79. The van der Waals surface area contributed by atoms with Crippen LogP contribution in [0.15, 0.2) is 42.5 Å². The van der Waals surface area contributed by atoms with Crippen LogP contribution in [-0.2, 0) is 14.3 Å². The van der Waals surface area contributed by atoms with Gasteiger partial charge in [-0.15, -0.1) is 0 Å². The highest BCUT2D eigenvalue weighted by Gasteiger charge is 2.01. The van der Waals surface area contributed by atoms with E-state index in [-0.39, 0.29) is 5.97 Å². The maximum Gasteiger partial charge on any atom is 0.333 e. The summed E-state index contributed by atoms with van der Waals surface area (Å²) in [5, 5.41) is 0. The molecule has 0 aromatic heterocycles. The average Bonchev–Trinajstić information content (AvgIpc) is 2.53. The summed E-state index contributed by atoms with van der Waals surface area (Å²) in [6.07, 6.45) is 3.67. The smallest absolute Gasteiger partial charge is 0.333 e. The molecule has 0 atom stereocenters. The van der Waals surface area contributed by atoms with Crippen LogP contribution in [0, 0.1) is 0 Å². The lowest BCUT2D eigenvalue weighted by Crippen LogP contribution is -2.07. The molecule has 22 heavy (non-hydrogen) atoms. The number of para-hydroxylation sites is 1. The van der Waals surface area contributed by atoms with Crippen molar-refractivity contribution >= 4 is 5.97 Å². The Hall–Kier alpha value is -1.81. The third-order valence-corrected chi connectivity index (χ3v) is 2.96. The summed E-state index contributed by atoms with van der Waals surface area (Å²) in [6, 6.07) is 9.81. The molecule has 0 fully saturated rings. The predicted octanol–water partition coefficient (Wildman–Crippen LogP) is 3.76. The van der Waals surface area contributed by atoms with Gasteiger partial charge in [-0.2, -0.15) is 0 Å². The van der Waals surface area contributed by atoms with E-state index >= 15 is 0 Å². The molecule has 122 valence electrons. The molecule has 0 aliphatic heterocycles. The molecule has 0 N–H and O–H groups in total. The minimum Gasteiger partial charge on any atom is -0.494 e. The van der Waals surface area contributed by atoms with E-state index < -0.39 is 0 Å². The third kappa shape index (κ3) is 9.19. The first kappa shape index (κ1) is 18.2. The second-order valence-electron chi connectivity index (χ2n) is 5.10. The van der Waals surface area contributed by atoms with Crippen LogP contribution in [0.2, 0.25) is 0 Å². The number of rotatable bonds is 12. The van der Waals surface area contributed by atoms with E-state index in [0.717, 1.165) is 38.0 Å². The number of hydrogen-bond donors (Lipinski definition) is 0. The fourth-order valence-electron chi connectivity index (χ4n) is 1.71. The minimum absolute atomic E-state index is 0.320. The molecule has 0 amide bonds. The summed E-state index contributed by atoms with van der Waals surface area (Å²) in [6.45, 7) is 7.76. The molecule has 0 spiro atoms. The Morgan fingerprint density at radius 3 is 2.18 bits per heavy atom. The van der Waals surface area contributed by atoms with Crippen molar-refractivity contribution in [2.24, 2.45) is 0 Å². The van der Waals surface area contributed by atoms with Crippen molar-refractivity contribution in [2.75, 3.05) is 26.4 Å². The first-order valence-corrected chi connectivity index (χ1v) is 7.78. The van der Waals surface area contributed by atoms with E-state index in [0.29, 0.717) is 25.4 Å². The van der Waals surface area contributed by atoms with Gasteiger partial charge in [-0.05, 0) is 44.7 Å². The molecule has 1 rings (SSSR count). The number of carbonyl (C=O) groups is 1. The number of carbonyl (C=O) groups excluding carboxylic acids is 1. The van der Waals surface area contributed by atoms with Crippen LogP contribution in [0.25, 0.3) is 0 Å². The van der Waals surface area contributed by atoms with Crippen molar-refractivity contribution in [3.05, 3.63) is 42.5 Å². The van der Waals surface area contributed by atoms with Gasteiger partial charge in [-0.1, -0.05) is 24.8 Å². The van der Waals surface area contributed by atoms with Gasteiger partial charge in [0, 0.05) is 18.8 Å².